The summed E-state index contributed by atoms with van der Waals surface area (Å²) >= 11 is 0. The first-order chi connectivity index (χ1) is 28.8. The van der Waals surface area contributed by atoms with Crippen molar-refractivity contribution in [2.45, 2.75) is 7.43 Å². The van der Waals surface area contributed by atoms with Crippen molar-refractivity contribution < 1.29 is 142 Å². The van der Waals surface area contributed by atoms with E-state index in [1.807, 2.05) is 0 Å². The zero-order chi connectivity index (χ0) is 46.9. The van der Waals surface area contributed by atoms with Gasteiger partial charge in [-0.3, -0.25) is 0 Å². The maximum absolute atomic E-state index is 10.2. The Bertz CT molecular complexity index is 739. The van der Waals surface area contributed by atoms with Gasteiger partial charge >= 0.3 is 36.9 Å². The van der Waals surface area contributed by atoms with E-state index in [1.54, 1.807) is 0 Å². The summed E-state index contributed by atoms with van der Waals surface area (Å²) in [5.41, 5.74) is 0. The van der Waals surface area contributed by atoms with Crippen molar-refractivity contribution >= 4 is 36.9 Å². The first kappa shape index (κ1) is 70.7. The van der Waals surface area contributed by atoms with Crippen LogP contribution < -0.4 is 0 Å². The summed E-state index contributed by atoms with van der Waals surface area (Å²) in [6.45, 7) is -0.348. The highest BCUT2D eigenvalue weighted by molar-refractivity contribution is 5.60. The summed E-state index contributed by atoms with van der Waals surface area (Å²) in [5, 5.41) is 0. The van der Waals surface area contributed by atoms with E-state index in [2.05, 4.69) is 114 Å². The average molecular weight is 917 g/mol. The topological polar surface area (TPSA) is 324 Å². The molecule has 0 saturated heterocycles. The molecule has 0 aromatic rings. The van der Waals surface area contributed by atoms with Gasteiger partial charge in [0.15, 0.2) is 40.8 Å². The highest BCUT2D eigenvalue weighted by Gasteiger charge is 2.01. The molecule has 0 spiro atoms. The second kappa shape index (κ2) is 66.9. The van der Waals surface area contributed by atoms with E-state index in [0.717, 1.165) is 0 Å². The first-order valence-electron chi connectivity index (χ1n) is 15.5. The number of hydrogen-bond acceptors (Lipinski definition) is 30. The van der Waals surface area contributed by atoms with Crippen LogP contribution in [0.5, 0.6) is 0 Å². The minimum absolute atomic E-state index is 0. The zero-order valence-electron chi connectivity index (χ0n) is 35.7. The van der Waals surface area contributed by atoms with Crippen LogP contribution in [0.25, 0.3) is 0 Å². The number of hydrogen-bond donors (Lipinski definition) is 0. The molecule has 0 atom stereocenters. The van der Waals surface area contributed by atoms with Crippen LogP contribution >= 0.6 is 0 Å². The van der Waals surface area contributed by atoms with E-state index >= 15 is 0 Å². The molecule has 0 heterocycles. The van der Waals surface area contributed by atoms with Gasteiger partial charge in [-0.1, -0.05) is 7.43 Å². The Morgan fingerprint density at radius 3 is 0.426 bits per heavy atom. The SMILES string of the molecule is C.COCOCOC(=O)OC.COCOCOC(=O)OC.COCOCOC(=O)OC.COCOCOC(=O)OC.COCOCOC(=O)OC.COCOCOC(=O)OC. The van der Waals surface area contributed by atoms with Crippen LogP contribution in [-0.2, 0) is 114 Å². The average Bonchev–Trinajstić information content (AvgIpc) is 3.27. The molecule has 368 valence electrons. The predicted molar refractivity (Wildman–Crippen MR) is 195 cm³/mol. The summed E-state index contributed by atoms with van der Waals surface area (Å²) in [7, 11) is 16.1. The highest BCUT2D eigenvalue weighted by Crippen LogP contribution is 1.87. The molecule has 0 aliphatic carbocycles. The lowest BCUT2D eigenvalue weighted by molar-refractivity contribution is -0.106. The molecule has 0 unspecified atom stereocenters. The smallest absolute Gasteiger partial charge is 0.438 e. The van der Waals surface area contributed by atoms with Crippen LogP contribution in [0, 0.1) is 0 Å². The third-order valence-electron chi connectivity index (χ3n) is 3.77. The monoisotopic (exact) mass is 916 g/mol. The molecule has 0 saturated carbocycles. The molecule has 0 fully saturated rings. The highest BCUT2D eigenvalue weighted by atomic mass is 16.8. The summed E-state index contributed by atoms with van der Waals surface area (Å²) < 4.78 is 106. The molecular formula is C31H64O30. The lowest BCUT2D eigenvalue weighted by atomic mass is 11.2. The van der Waals surface area contributed by atoms with Gasteiger partial charge < -0.3 is 114 Å². The third kappa shape index (κ3) is 83.7. The molecule has 0 radical (unpaired) electrons. The predicted octanol–water partition coefficient (Wildman–Crippen LogP) is 2.72. The van der Waals surface area contributed by atoms with Crippen LogP contribution in [0.1, 0.15) is 7.43 Å². The quantitative estimate of drug-likeness (QED) is 0.0581. The van der Waals surface area contributed by atoms with Gasteiger partial charge in [-0.2, -0.15) is 0 Å². The van der Waals surface area contributed by atoms with Gasteiger partial charge in [0.25, 0.3) is 0 Å². The lowest BCUT2D eigenvalue weighted by Gasteiger charge is -2.02. The van der Waals surface area contributed by atoms with Crippen LogP contribution in [0.2, 0.25) is 0 Å². The van der Waals surface area contributed by atoms with Crippen molar-refractivity contribution in [1.29, 1.82) is 0 Å². The molecule has 0 rings (SSSR count). The molecule has 30 heteroatoms. The molecule has 0 aromatic heterocycles. The minimum Gasteiger partial charge on any atom is -0.438 e. The van der Waals surface area contributed by atoms with E-state index in [1.165, 1.54) is 85.3 Å². The van der Waals surface area contributed by atoms with Gasteiger partial charge in [0, 0.05) is 42.7 Å². The van der Waals surface area contributed by atoms with E-state index < -0.39 is 36.9 Å². The first-order valence-corrected chi connectivity index (χ1v) is 15.5. The molecule has 0 amide bonds. The van der Waals surface area contributed by atoms with Crippen molar-refractivity contribution in [3.05, 3.63) is 0 Å². The van der Waals surface area contributed by atoms with Crippen molar-refractivity contribution in [2.75, 3.05) is 167 Å². The van der Waals surface area contributed by atoms with Gasteiger partial charge in [0.05, 0.1) is 42.7 Å². The largest absolute Gasteiger partial charge is 0.510 e. The fraction of sp³-hybridized carbons (Fsp3) is 0.806. The summed E-state index contributed by atoms with van der Waals surface area (Å²) in [4.78, 5) is 61.3. The van der Waals surface area contributed by atoms with Crippen LogP contribution in [-0.4, -0.2) is 204 Å². The standard InChI is InChI=1S/6C5H10O5.CH4/c6*1-7-3-9-4-10-5(6)8-2;/h6*3-4H2,1-2H3;1H4. The fourth-order valence-electron chi connectivity index (χ4n) is 1.60. The maximum atomic E-state index is 10.2. The van der Waals surface area contributed by atoms with Gasteiger partial charge in [-0.25, -0.2) is 28.8 Å². The van der Waals surface area contributed by atoms with Gasteiger partial charge in [0.1, 0.15) is 40.8 Å². The van der Waals surface area contributed by atoms with Gasteiger partial charge in [-0.05, 0) is 0 Å². The van der Waals surface area contributed by atoms with Crippen LogP contribution in [0.4, 0.5) is 28.8 Å². The number of rotatable bonds is 24. The number of carbonyl (C=O) groups is 6. The molecule has 0 N–H and O–H groups in total. The second-order valence-corrected chi connectivity index (χ2v) is 7.96. The molecular weight excluding hydrogens is 852 g/mol. The second-order valence-electron chi connectivity index (χ2n) is 7.96. The van der Waals surface area contributed by atoms with E-state index in [0.29, 0.717) is 0 Å². The fourth-order valence-corrected chi connectivity index (χ4v) is 1.60. The van der Waals surface area contributed by atoms with E-state index in [-0.39, 0.29) is 88.9 Å². The summed E-state index contributed by atoms with van der Waals surface area (Å²) in [6, 6.07) is 0. The Hall–Kier alpha value is -4.86. The molecule has 0 aliphatic heterocycles. The molecule has 61 heavy (non-hydrogen) atoms. The minimum atomic E-state index is -0.767. The van der Waals surface area contributed by atoms with Gasteiger partial charge in [0.2, 0.25) is 0 Å². The molecule has 0 aromatic carbocycles. The normalized spacial score (nSPS) is 8.85. The Balaban J connectivity index is -0.000000114. The number of carbonyl (C=O) groups excluding carboxylic acids is 6. The molecule has 0 aliphatic rings. The van der Waals surface area contributed by atoms with Crippen molar-refractivity contribution in [3.63, 3.8) is 0 Å². The van der Waals surface area contributed by atoms with E-state index in [9.17, 15) is 28.8 Å². The lowest BCUT2D eigenvalue weighted by Crippen LogP contribution is -2.09. The van der Waals surface area contributed by atoms with Crippen molar-refractivity contribution in [3.8, 4) is 0 Å². The Morgan fingerprint density at radius 2 is 0.344 bits per heavy atom. The number of ether oxygens (including phenoxy) is 24. The third-order valence-corrected chi connectivity index (χ3v) is 3.77. The van der Waals surface area contributed by atoms with E-state index in [4.69, 9.17) is 0 Å². The number of methoxy groups -OCH3 is 12. The Labute approximate surface area is 353 Å². The Kier molecular flexibility index (Phi) is 77.6. The van der Waals surface area contributed by atoms with Gasteiger partial charge in [-0.15, -0.1) is 0 Å². The maximum Gasteiger partial charge on any atom is 0.510 e. The van der Waals surface area contributed by atoms with Crippen molar-refractivity contribution in [1.82, 2.24) is 0 Å². The molecule has 0 bridgehead atoms. The van der Waals surface area contributed by atoms with Crippen molar-refractivity contribution in [2.24, 2.45) is 0 Å². The van der Waals surface area contributed by atoms with Crippen LogP contribution in [0.3, 0.4) is 0 Å². The molecule has 30 nitrogen and oxygen atoms in total. The Morgan fingerprint density at radius 1 is 0.230 bits per heavy atom. The summed E-state index contributed by atoms with van der Waals surface area (Å²) in [5.74, 6) is 0. The zero-order valence-corrected chi connectivity index (χ0v) is 35.7. The van der Waals surface area contributed by atoms with Crippen LogP contribution in [0.15, 0.2) is 0 Å². The summed E-state index contributed by atoms with van der Waals surface area (Å²) in [6.07, 6.45) is -4.60.